The first kappa shape index (κ1) is 24.0. The van der Waals surface area contributed by atoms with Crippen LogP contribution in [0.4, 0.5) is 0 Å². The molecular formula is C30H30O6. The molecule has 5 rings (SSSR count). The molecule has 2 aliphatic carbocycles. The highest BCUT2D eigenvalue weighted by Crippen LogP contribution is 2.37. The Labute approximate surface area is 210 Å². The number of fused-ring (bicyclic) bond motifs is 2. The lowest BCUT2D eigenvalue weighted by molar-refractivity contribution is -0.151. The number of hydrogen-bond acceptors (Lipinski definition) is 6. The Morgan fingerprint density at radius 2 is 1.44 bits per heavy atom. The first-order valence-electron chi connectivity index (χ1n) is 12.6. The summed E-state index contributed by atoms with van der Waals surface area (Å²) in [5.41, 5.74) is 5.95. The predicted molar refractivity (Wildman–Crippen MR) is 134 cm³/mol. The van der Waals surface area contributed by atoms with Gasteiger partial charge in [-0.2, -0.15) is 0 Å². The molecule has 2 aromatic carbocycles. The van der Waals surface area contributed by atoms with Gasteiger partial charge in [-0.25, -0.2) is 9.59 Å². The van der Waals surface area contributed by atoms with Crippen molar-refractivity contribution in [3.8, 4) is 0 Å². The van der Waals surface area contributed by atoms with Crippen LogP contribution in [0.15, 0.2) is 53.6 Å². The zero-order chi connectivity index (χ0) is 25.2. The fraction of sp³-hybridized carbons (Fsp3) is 0.367. The van der Waals surface area contributed by atoms with Crippen molar-refractivity contribution >= 4 is 23.5 Å². The molecule has 0 amide bonds. The maximum absolute atomic E-state index is 14.1. The third kappa shape index (κ3) is 4.25. The molecule has 6 nitrogen and oxygen atoms in total. The Morgan fingerprint density at radius 3 is 2.14 bits per heavy atom. The maximum atomic E-state index is 14.1. The summed E-state index contributed by atoms with van der Waals surface area (Å²) in [6.07, 6.45) is 8.07. The molecule has 0 bridgehead atoms. The van der Waals surface area contributed by atoms with Crippen molar-refractivity contribution in [1.82, 2.24) is 0 Å². The van der Waals surface area contributed by atoms with E-state index in [0.717, 1.165) is 73.6 Å². The summed E-state index contributed by atoms with van der Waals surface area (Å²) in [5.74, 6) is -1.46. The molecule has 6 heteroatoms. The molecule has 0 fully saturated rings. The lowest BCUT2D eigenvalue weighted by atomic mass is 9.83. The smallest absolute Gasteiger partial charge is 0.352 e. The minimum absolute atomic E-state index is 0.117. The number of esters is 2. The van der Waals surface area contributed by atoms with Crippen LogP contribution < -0.4 is 0 Å². The predicted octanol–water partition coefficient (Wildman–Crippen LogP) is 4.71. The van der Waals surface area contributed by atoms with Crippen LogP contribution in [0.25, 0.3) is 5.76 Å². The third-order valence-corrected chi connectivity index (χ3v) is 7.44. The summed E-state index contributed by atoms with van der Waals surface area (Å²) in [6.45, 7) is 0. The molecule has 3 aliphatic rings. The van der Waals surface area contributed by atoms with Gasteiger partial charge in [0.05, 0.1) is 14.2 Å². The number of hydrogen-bond donors (Lipinski definition) is 0. The van der Waals surface area contributed by atoms with Gasteiger partial charge in [-0.3, -0.25) is 4.79 Å². The maximum Gasteiger partial charge on any atom is 0.352 e. The van der Waals surface area contributed by atoms with Crippen LogP contribution in [-0.2, 0) is 49.5 Å². The Balaban J connectivity index is 1.71. The molecule has 0 radical (unpaired) electrons. The fourth-order valence-corrected chi connectivity index (χ4v) is 5.65. The number of allylic oxidation sites excluding steroid dienone is 2. The number of benzene rings is 2. The van der Waals surface area contributed by atoms with E-state index in [1.807, 2.05) is 18.2 Å². The zero-order valence-corrected chi connectivity index (χ0v) is 20.7. The first-order valence-corrected chi connectivity index (χ1v) is 12.6. The molecule has 0 saturated carbocycles. The van der Waals surface area contributed by atoms with E-state index in [2.05, 4.69) is 12.1 Å². The Bertz CT molecular complexity index is 1300. The molecule has 0 aromatic heterocycles. The summed E-state index contributed by atoms with van der Waals surface area (Å²) in [4.78, 5) is 39.9. The molecule has 36 heavy (non-hydrogen) atoms. The van der Waals surface area contributed by atoms with Crippen LogP contribution in [0, 0.1) is 0 Å². The van der Waals surface area contributed by atoms with E-state index in [-0.39, 0.29) is 16.9 Å². The average Bonchev–Trinajstić information content (AvgIpc) is 2.94. The summed E-state index contributed by atoms with van der Waals surface area (Å²) in [7, 11) is 2.46. The van der Waals surface area contributed by atoms with E-state index in [1.165, 1.54) is 19.8 Å². The molecule has 1 aliphatic heterocycles. The van der Waals surface area contributed by atoms with Crippen molar-refractivity contribution in [2.45, 2.75) is 57.5 Å². The van der Waals surface area contributed by atoms with Gasteiger partial charge < -0.3 is 14.2 Å². The van der Waals surface area contributed by atoms with Crippen molar-refractivity contribution in [2.24, 2.45) is 0 Å². The van der Waals surface area contributed by atoms with E-state index in [4.69, 9.17) is 14.2 Å². The van der Waals surface area contributed by atoms with Crippen molar-refractivity contribution in [3.63, 3.8) is 0 Å². The largest absolute Gasteiger partial charge is 0.473 e. The lowest BCUT2D eigenvalue weighted by Crippen LogP contribution is -2.36. The third-order valence-electron chi connectivity index (χ3n) is 7.44. The van der Waals surface area contributed by atoms with Crippen LogP contribution in [-0.4, -0.2) is 38.0 Å². The van der Waals surface area contributed by atoms with Gasteiger partial charge >= 0.3 is 11.9 Å². The van der Waals surface area contributed by atoms with Gasteiger partial charge in [0.15, 0.2) is 5.78 Å². The monoisotopic (exact) mass is 486 g/mol. The number of rotatable bonds is 5. The number of methoxy groups -OCH3 is 2. The highest BCUT2D eigenvalue weighted by atomic mass is 16.6. The number of ether oxygens (including phenoxy) is 3. The number of ketones is 1. The number of carbonyl (C=O) groups is 3. The van der Waals surface area contributed by atoms with Crippen molar-refractivity contribution < 1.29 is 28.6 Å². The summed E-state index contributed by atoms with van der Waals surface area (Å²) in [5, 5.41) is 0. The van der Waals surface area contributed by atoms with Gasteiger partial charge in [0.1, 0.15) is 11.3 Å². The summed E-state index contributed by atoms with van der Waals surface area (Å²) in [6, 6.07) is 11.8. The Morgan fingerprint density at radius 1 is 0.806 bits per heavy atom. The van der Waals surface area contributed by atoms with E-state index in [0.29, 0.717) is 11.3 Å². The van der Waals surface area contributed by atoms with Gasteiger partial charge in [-0.1, -0.05) is 36.4 Å². The van der Waals surface area contributed by atoms with Crippen molar-refractivity contribution in [2.75, 3.05) is 14.2 Å². The molecule has 2 aromatic rings. The van der Waals surface area contributed by atoms with Gasteiger partial charge in [0.2, 0.25) is 6.10 Å². The quantitative estimate of drug-likeness (QED) is 0.450. The van der Waals surface area contributed by atoms with E-state index in [1.54, 1.807) is 12.1 Å². The summed E-state index contributed by atoms with van der Waals surface area (Å²) >= 11 is 0. The molecule has 1 unspecified atom stereocenters. The van der Waals surface area contributed by atoms with E-state index in [9.17, 15) is 14.4 Å². The van der Waals surface area contributed by atoms with Crippen LogP contribution >= 0.6 is 0 Å². The van der Waals surface area contributed by atoms with Gasteiger partial charge in [0, 0.05) is 16.7 Å². The van der Waals surface area contributed by atoms with Crippen molar-refractivity contribution in [1.29, 1.82) is 0 Å². The molecular weight excluding hydrogens is 456 g/mol. The van der Waals surface area contributed by atoms with Gasteiger partial charge in [0.25, 0.3) is 0 Å². The Kier molecular flexibility index (Phi) is 6.77. The minimum atomic E-state index is -1.40. The first-order chi connectivity index (χ1) is 17.5. The topological polar surface area (TPSA) is 78.9 Å². The highest BCUT2D eigenvalue weighted by Gasteiger charge is 2.40. The van der Waals surface area contributed by atoms with Gasteiger partial charge in [-0.05, 0) is 79.7 Å². The van der Waals surface area contributed by atoms with E-state index < -0.39 is 18.0 Å². The van der Waals surface area contributed by atoms with Crippen LogP contribution in [0.3, 0.4) is 0 Å². The standard InChI is InChI=1S/C30H30O6/c1-34-29(32)26-24(27(31)23-16-8-12-19-10-4-6-14-21(19)23)17-25(36-28(26)30(33)35-2)22-15-7-11-18-9-3-5-13-20(18)22/h7-8,11-12,15-17,28H,3-6,9-10,13-14H2,1-2H3. The highest BCUT2D eigenvalue weighted by molar-refractivity contribution is 6.18. The molecule has 1 atom stereocenters. The number of aryl methyl sites for hydroxylation is 2. The molecule has 0 saturated heterocycles. The molecule has 0 spiro atoms. The summed E-state index contributed by atoms with van der Waals surface area (Å²) < 4.78 is 16.1. The molecule has 1 heterocycles. The van der Waals surface area contributed by atoms with Crippen molar-refractivity contribution in [3.05, 3.63) is 87.0 Å². The number of Topliss-reactive ketones (excluding diaryl/α,β-unsaturated/α-hetero) is 1. The Hall–Kier alpha value is -3.67. The molecule has 0 N–H and O–H groups in total. The van der Waals surface area contributed by atoms with Gasteiger partial charge in [-0.15, -0.1) is 0 Å². The van der Waals surface area contributed by atoms with Crippen LogP contribution in [0.2, 0.25) is 0 Å². The normalized spacial score (nSPS) is 18.8. The van der Waals surface area contributed by atoms with Crippen LogP contribution in [0.1, 0.15) is 63.9 Å². The number of carbonyl (C=O) groups excluding carboxylic acids is 3. The SMILES string of the molecule is COC(=O)C1=C(C(=O)c2cccc3c2CCCC3)C=C(c2cccc3c2CCCC3)OC1C(=O)OC. The second kappa shape index (κ2) is 10.1. The second-order valence-corrected chi connectivity index (χ2v) is 9.48. The fourth-order valence-electron chi connectivity index (χ4n) is 5.65. The second-order valence-electron chi connectivity index (χ2n) is 9.48. The lowest BCUT2D eigenvalue weighted by Gasteiger charge is -2.29. The average molecular weight is 487 g/mol. The minimum Gasteiger partial charge on any atom is -0.473 e. The van der Waals surface area contributed by atoms with E-state index >= 15 is 0 Å². The zero-order valence-electron chi connectivity index (χ0n) is 20.7. The molecule has 186 valence electrons. The van der Waals surface area contributed by atoms with Crippen LogP contribution in [0.5, 0.6) is 0 Å².